The monoisotopic (exact) mass is 290 g/mol. The zero-order valence-electron chi connectivity index (χ0n) is 10.4. The summed E-state index contributed by atoms with van der Waals surface area (Å²) in [4.78, 5) is 7.94. The number of imidazole rings is 1. The van der Waals surface area contributed by atoms with E-state index in [1.165, 1.54) is 0 Å². The number of nitrogens with zero attached hydrogens (tertiary/aromatic N) is 1. The van der Waals surface area contributed by atoms with E-state index in [2.05, 4.69) is 9.97 Å². The second-order valence-electron chi connectivity index (χ2n) is 4.48. The van der Waals surface area contributed by atoms with Crippen LogP contribution < -0.4 is 0 Å². The first kappa shape index (κ1) is 12.5. The maximum atomic E-state index is 6.11. The minimum atomic E-state index is 0.523. The highest BCUT2D eigenvalue weighted by Crippen LogP contribution is 2.27. The molecule has 3 rings (SSSR count). The van der Waals surface area contributed by atoms with E-state index in [0.717, 1.165) is 38.6 Å². The normalized spacial score (nSPS) is 11.1. The molecule has 0 aliphatic carbocycles. The molecule has 0 radical (unpaired) electrons. The Morgan fingerprint density at radius 1 is 1.11 bits per heavy atom. The summed E-state index contributed by atoms with van der Waals surface area (Å²) < 4.78 is 0. The number of benzene rings is 2. The molecule has 2 aromatic carbocycles. The van der Waals surface area contributed by atoms with Crippen molar-refractivity contribution in [1.82, 2.24) is 9.97 Å². The lowest BCUT2D eigenvalue weighted by Gasteiger charge is -1.98. The number of hydrogen-bond acceptors (Lipinski definition) is 1. The third kappa shape index (κ3) is 2.22. The first-order valence-electron chi connectivity index (χ1n) is 5.99. The highest BCUT2D eigenvalue weighted by Gasteiger charge is 2.09. The molecule has 2 nitrogen and oxygen atoms in total. The van der Waals surface area contributed by atoms with Gasteiger partial charge in [0, 0.05) is 16.5 Å². The molecule has 4 heteroatoms. The van der Waals surface area contributed by atoms with Crippen LogP contribution in [0.5, 0.6) is 0 Å². The molecule has 3 aromatic rings. The van der Waals surface area contributed by atoms with Crippen LogP contribution in [0.15, 0.2) is 36.4 Å². The van der Waals surface area contributed by atoms with Gasteiger partial charge in [0.05, 0.1) is 11.0 Å². The second kappa shape index (κ2) is 4.87. The third-order valence-electron chi connectivity index (χ3n) is 3.22. The van der Waals surface area contributed by atoms with Gasteiger partial charge in [-0.2, -0.15) is 0 Å². The topological polar surface area (TPSA) is 28.7 Å². The highest BCUT2D eigenvalue weighted by molar-refractivity contribution is 6.32. The van der Waals surface area contributed by atoms with Crippen LogP contribution >= 0.6 is 23.2 Å². The lowest BCUT2D eigenvalue weighted by atomic mass is 10.1. The maximum absolute atomic E-state index is 6.11. The van der Waals surface area contributed by atoms with Gasteiger partial charge in [-0.05, 0) is 30.2 Å². The number of aromatic amines is 1. The average Bonchev–Trinajstić information content (AvgIpc) is 2.88. The predicted molar refractivity (Wildman–Crippen MR) is 80.8 cm³/mol. The van der Waals surface area contributed by atoms with Crippen LogP contribution in [0.3, 0.4) is 0 Å². The van der Waals surface area contributed by atoms with Gasteiger partial charge >= 0.3 is 0 Å². The molecule has 0 saturated carbocycles. The fraction of sp³-hybridized carbons (Fsp3) is 0.133. The summed E-state index contributed by atoms with van der Waals surface area (Å²) in [6.07, 6.45) is 0. The van der Waals surface area contributed by atoms with Gasteiger partial charge in [0.1, 0.15) is 5.82 Å². The summed E-state index contributed by atoms with van der Waals surface area (Å²) in [5.74, 6) is 1.37. The van der Waals surface area contributed by atoms with Crippen LogP contribution in [0.2, 0.25) is 5.02 Å². The Kier molecular flexibility index (Phi) is 3.21. The number of hydrogen-bond donors (Lipinski definition) is 1. The van der Waals surface area contributed by atoms with E-state index in [1.807, 2.05) is 43.3 Å². The number of H-pyrrole nitrogens is 1. The molecule has 0 fully saturated rings. The fourth-order valence-corrected chi connectivity index (χ4v) is 2.41. The van der Waals surface area contributed by atoms with E-state index in [1.54, 1.807) is 0 Å². The zero-order chi connectivity index (χ0) is 13.4. The minimum Gasteiger partial charge on any atom is -0.338 e. The standard InChI is InChI=1S/C15H12Cl2N2/c1-9-12(17)6-7-13-14(9)19-15(18-13)11-4-2-10(8-16)3-5-11/h2-7H,8H2,1H3,(H,18,19). The molecule has 1 N–H and O–H groups in total. The van der Waals surface area contributed by atoms with Gasteiger partial charge in [-0.3, -0.25) is 0 Å². The second-order valence-corrected chi connectivity index (χ2v) is 5.16. The summed E-state index contributed by atoms with van der Waals surface area (Å²) in [5, 5.41) is 0.739. The Hall–Kier alpha value is -1.51. The Bertz CT molecular complexity index is 730. The average molecular weight is 291 g/mol. The summed E-state index contributed by atoms with van der Waals surface area (Å²) in [5.41, 5.74) is 5.06. The lowest BCUT2D eigenvalue weighted by Crippen LogP contribution is -1.82. The number of nitrogens with one attached hydrogen (secondary N) is 1. The van der Waals surface area contributed by atoms with Crippen molar-refractivity contribution in [2.75, 3.05) is 0 Å². The number of alkyl halides is 1. The summed E-state index contributed by atoms with van der Waals surface area (Å²) >= 11 is 11.9. The SMILES string of the molecule is Cc1c(Cl)ccc2[nH]c(-c3ccc(CCl)cc3)nc12. The molecular formula is C15H12Cl2N2. The van der Waals surface area contributed by atoms with E-state index < -0.39 is 0 Å². The molecule has 0 atom stereocenters. The van der Waals surface area contributed by atoms with E-state index in [0.29, 0.717) is 5.88 Å². The van der Waals surface area contributed by atoms with E-state index in [9.17, 15) is 0 Å². The summed E-state index contributed by atoms with van der Waals surface area (Å²) in [6.45, 7) is 1.98. The summed E-state index contributed by atoms with van der Waals surface area (Å²) in [6, 6.07) is 11.9. The van der Waals surface area contributed by atoms with E-state index in [-0.39, 0.29) is 0 Å². The molecule has 0 unspecified atom stereocenters. The first-order chi connectivity index (χ1) is 9.19. The summed E-state index contributed by atoms with van der Waals surface area (Å²) in [7, 11) is 0. The third-order valence-corrected chi connectivity index (χ3v) is 3.94. The Balaban J connectivity index is 2.12. The molecule has 0 bridgehead atoms. The van der Waals surface area contributed by atoms with Crippen molar-refractivity contribution in [3.63, 3.8) is 0 Å². The van der Waals surface area contributed by atoms with Gasteiger partial charge in [-0.15, -0.1) is 11.6 Å². The molecular weight excluding hydrogens is 279 g/mol. The van der Waals surface area contributed by atoms with Gasteiger partial charge in [0.25, 0.3) is 0 Å². The van der Waals surface area contributed by atoms with E-state index in [4.69, 9.17) is 23.2 Å². The van der Waals surface area contributed by atoms with Crippen molar-refractivity contribution in [3.8, 4) is 11.4 Å². The van der Waals surface area contributed by atoms with Crippen molar-refractivity contribution < 1.29 is 0 Å². The van der Waals surface area contributed by atoms with Gasteiger partial charge in [-0.1, -0.05) is 35.9 Å². The molecule has 0 amide bonds. The van der Waals surface area contributed by atoms with Crippen molar-refractivity contribution in [2.45, 2.75) is 12.8 Å². The number of halogens is 2. The van der Waals surface area contributed by atoms with Crippen molar-refractivity contribution in [1.29, 1.82) is 0 Å². The van der Waals surface area contributed by atoms with Gasteiger partial charge in [0.15, 0.2) is 0 Å². The predicted octanol–water partition coefficient (Wildman–Crippen LogP) is 4.93. The van der Waals surface area contributed by atoms with Crippen molar-refractivity contribution in [2.24, 2.45) is 0 Å². The molecule has 0 aliphatic rings. The number of aryl methyl sites for hydroxylation is 1. The Labute approximate surface area is 121 Å². The Morgan fingerprint density at radius 2 is 1.84 bits per heavy atom. The van der Waals surface area contributed by atoms with Crippen LogP contribution in [-0.4, -0.2) is 9.97 Å². The highest BCUT2D eigenvalue weighted by atomic mass is 35.5. The van der Waals surface area contributed by atoms with Crippen LogP contribution in [0, 0.1) is 6.92 Å². The maximum Gasteiger partial charge on any atom is 0.138 e. The lowest BCUT2D eigenvalue weighted by molar-refractivity contribution is 1.32. The van der Waals surface area contributed by atoms with Gasteiger partial charge < -0.3 is 4.98 Å². The molecule has 0 saturated heterocycles. The van der Waals surface area contributed by atoms with Crippen LogP contribution in [0.25, 0.3) is 22.4 Å². The Morgan fingerprint density at radius 3 is 2.53 bits per heavy atom. The van der Waals surface area contributed by atoms with Crippen LogP contribution in [0.1, 0.15) is 11.1 Å². The number of rotatable bonds is 2. The quantitative estimate of drug-likeness (QED) is 0.666. The van der Waals surface area contributed by atoms with E-state index >= 15 is 0 Å². The van der Waals surface area contributed by atoms with Gasteiger partial charge in [0.2, 0.25) is 0 Å². The number of aromatic nitrogens is 2. The smallest absolute Gasteiger partial charge is 0.138 e. The first-order valence-corrected chi connectivity index (χ1v) is 6.90. The molecule has 1 heterocycles. The van der Waals surface area contributed by atoms with Gasteiger partial charge in [-0.25, -0.2) is 4.98 Å². The fourth-order valence-electron chi connectivity index (χ4n) is 2.08. The zero-order valence-corrected chi connectivity index (χ0v) is 11.9. The van der Waals surface area contributed by atoms with Crippen molar-refractivity contribution >= 4 is 34.2 Å². The largest absolute Gasteiger partial charge is 0.338 e. The molecule has 19 heavy (non-hydrogen) atoms. The molecule has 0 spiro atoms. The number of fused-ring (bicyclic) bond motifs is 1. The molecule has 0 aliphatic heterocycles. The van der Waals surface area contributed by atoms with Crippen LogP contribution in [-0.2, 0) is 5.88 Å². The minimum absolute atomic E-state index is 0.523. The van der Waals surface area contributed by atoms with Crippen LogP contribution in [0.4, 0.5) is 0 Å². The molecule has 96 valence electrons. The molecule has 1 aromatic heterocycles. The van der Waals surface area contributed by atoms with Crippen molar-refractivity contribution in [3.05, 3.63) is 52.5 Å².